The first-order chi connectivity index (χ1) is 6.93. The predicted octanol–water partition coefficient (Wildman–Crippen LogP) is 4.18. The lowest BCUT2D eigenvalue weighted by molar-refractivity contribution is 0.794. The molecule has 0 saturated carbocycles. The van der Waals surface area contributed by atoms with Crippen LogP contribution < -0.4 is 0 Å². The normalized spacial score (nSPS) is 10.9. The molecule has 0 amide bonds. The van der Waals surface area contributed by atoms with Gasteiger partial charge in [-0.1, -0.05) is 62.2 Å². The number of hydrogen-bond acceptors (Lipinski definition) is 0. The smallest absolute Gasteiger partial charge is 0.00973 e. The second-order valence-electron chi connectivity index (χ2n) is 3.50. The fraction of sp³-hybridized carbons (Fsp3) is 0.357. The highest BCUT2D eigenvalue weighted by Gasteiger charge is 1.86. The number of rotatable bonds is 6. The summed E-state index contributed by atoms with van der Waals surface area (Å²) in [5, 5.41) is 0. The zero-order valence-electron chi connectivity index (χ0n) is 8.95. The van der Waals surface area contributed by atoms with Crippen LogP contribution in [0.4, 0.5) is 0 Å². The molecule has 0 aromatic heterocycles. The van der Waals surface area contributed by atoms with Crippen molar-refractivity contribution in [1.29, 1.82) is 0 Å². The Balaban J connectivity index is 2.14. The van der Waals surface area contributed by atoms with E-state index in [-0.39, 0.29) is 0 Å². The Labute approximate surface area is 87.7 Å². The number of unbranched alkanes of at least 4 members (excludes halogenated alkanes) is 3. The van der Waals surface area contributed by atoms with Crippen molar-refractivity contribution in [3.8, 4) is 0 Å². The van der Waals surface area contributed by atoms with Crippen molar-refractivity contribution in [2.45, 2.75) is 32.6 Å². The van der Waals surface area contributed by atoms with Gasteiger partial charge in [-0.05, 0) is 24.8 Å². The molecular formula is C14H19. The topological polar surface area (TPSA) is 0 Å². The van der Waals surface area contributed by atoms with Gasteiger partial charge in [0.25, 0.3) is 0 Å². The highest BCUT2D eigenvalue weighted by atomic mass is 13.9. The first-order valence-electron chi connectivity index (χ1n) is 5.45. The number of benzene rings is 1. The van der Waals surface area contributed by atoms with Gasteiger partial charge < -0.3 is 0 Å². The summed E-state index contributed by atoms with van der Waals surface area (Å²) in [6, 6.07) is 10.6. The molecule has 0 unspecified atom stereocenters. The van der Waals surface area contributed by atoms with Gasteiger partial charge in [0, 0.05) is 0 Å². The highest BCUT2D eigenvalue weighted by Crippen LogP contribution is 2.02. The molecule has 0 nitrogen and oxygen atoms in total. The molecule has 1 rings (SSSR count). The Hall–Kier alpha value is -1.04. The van der Waals surface area contributed by atoms with Crippen LogP contribution in [-0.4, -0.2) is 0 Å². The largest absolute Gasteiger partial charge is 0.0845 e. The van der Waals surface area contributed by atoms with Gasteiger partial charge in [-0.25, -0.2) is 0 Å². The molecule has 0 atom stereocenters. The van der Waals surface area contributed by atoms with Crippen LogP contribution in [0.3, 0.4) is 0 Å². The van der Waals surface area contributed by atoms with Gasteiger partial charge in [0.2, 0.25) is 0 Å². The molecule has 0 N–H and O–H groups in total. The van der Waals surface area contributed by atoms with Gasteiger partial charge in [0.1, 0.15) is 0 Å². The van der Waals surface area contributed by atoms with Crippen molar-refractivity contribution in [2.75, 3.05) is 0 Å². The molecule has 0 spiro atoms. The van der Waals surface area contributed by atoms with Crippen LogP contribution >= 0.6 is 0 Å². The average Bonchev–Trinajstić information content (AvgIpc) is 2.25. The SMILES string of the molecule is CCCC[CH]C=CCc1ccccc1. The van der Waals surface area contributed by atoms with Crippen LogP contribution in [0.15, 0.2) is 42.5 Å². The summed E-state index contributed by atoms with van der Waals surface area (Å²) >= 11 is 0. The second-order valence-corrected chi connectivity index (χ2v) is 3.50. The maximum atomic E-state index is 2.26. The highest BCUT2D eigenvalue weighted by molar-refractivity contribution is 5.18. The van der Waals surface area contributed by atoms with E-state index in [0.717, 1.165) is 6.42 Å². The quantitative estimate of drug-likeness (QED) is 0.586. The van der Waals surface area contributed by atoms with E-state index in [9.17, 15) is 0 Å². The lowest BCUT2D eigenvalue weighted by Gasteiger charge is -1.94. The van der Waals surface area contributed by atoms with E-state index in [2.05, 4.69) is 55.8 Å². The van der Waals surface area contributed by atoms with E-state index >= 15 is 0 Å². The molecule has 0 aliphatic carbocycles. The van der Waals surface area contributed by atoms with Crippen molar-refractivity contribution >= 4 is 0 Å². The minimum Gasteiger partial charge on any atom is -0.0845 e. The Kier molecular flexibility index (Phi) is 5.81. The van der Waals surface area contributed by atoms with Crippen LogP contribution in [0, 0.1) is 6.42 Å². The molecule has 0 aliphatic heterocycles. The van der Waals surface area contributed by atoms with Crippen molar-refractivity contribution < 1.29 is 0 Å². The van der Waals surface area contributed by atoms with Crippen LogP contribution in [-0.2, 0) is 6.42 Å². The van der Waals surface area contributed by atoms with Gasteiger partial charge in [0.15, 0.2) is 0 Å². The summed E-state index contributed by atoms with van der Waals surface area (Å²) < 4.78 is 0. The minimum atomic E-state index is 1.05. The van der Waals surface area contributed by atoms with Crippen LogP contribution in [0.5, 0.6) is 0 Å². The third kappa shape index (κ3) is 4.86. The lowest BCUT2D eigenvalue weighted by atomic mass is 10.1. The second kappa shape index (κ2) is 7.37. The third-order valence-corrected chi connectivity index (χ3v) is 2.19. The molecule has 1 radical (unpaired) electrons. The summed E-state index contributed by atoms with van der Waals surface area (Å²) in [7, 11) is 0. The zero-order chi connectivity index (χ0) is 10.1. The summed E-state index contributed by atoms with van der Waals surface area (Å²) in [6.45, 7) is 2.22. The predicted molar refractivity (Wildman–Crippen MR) is 63.1 cm³/mol. The molecule has 0 saturated heterocycles. The molecule has 1 aromatic carbocycles. The van der Waals surface area contributed by atoms with Gasteiger partial charge in [-0.2, -0.15) is 0 Å². The lowest BCUT2D eigenvalue weighted by Crippen LogP contribution is -1.79. The molecule has 75 valence electrons. The van der Waals surface area contributed by atoms with E-state index in [1.165, 1.54) is 24.8 Å². The summed E-state index contributed by atoms with van der Waals surface area (Å²) in [5.41, 5.74) is 1.38. The molecule has 0 heteroatoms. The molecular weight excluding hydrogens is 168 g/mol. The molecule has 1 aromatic rings. The van der Waals surface area contributed by atoms with Crippen molar-refractivity contribution in [3.63, 3.8) is 0 Å². The monoisotopic (exact) mass is 187 g/mol. The van der Waals surface area contributed by atoms with E-state index in [0.29, 0.717) is 0 Å². The van der Waals surface area contributed by atoms with Crippen molar-refractivity contribution in [2.24, 2.45) is 0 Å². The standard InChI is InChI=1S/C14H19/c1-2-3-4-5-6-8-11-14-12-9-7-10-13-14/h5-10,12-13H,2-4,11H2,1H3. The van der Waals surface area contributed by atoms with Crippen molar-refractivity contribution in [3.05, 3.63) is 54.5 Å². The fourth-order valence-corrected chi connectivity index (χ4v) is 1.33. The number of hydrogen-bond donors (Lipinski definition) is 0. The van der Waals surface area contributed by atoms with Crippen LogP contribution in [0.2, 0.25) is 0 Å². The maximum absolute atomic E-state index is 2.26. The van der Waals surface area contributed by atoms with Gasteiger partial charge >= 0.3 is 0 Å². The summed E-state index contributed by atoms with van der Waals surface area (Å²) in [4.78, 5) is 0. The van der Waals surface area contributed by atoms with Gasteiger partial charge in [-0.15, -0.1) is 0 Å². The van der Waals surface area contributed by atoms with E-state index in [1.54, 1.807) is 0 Å². The van der Waals surface area contributed by atoms with Gasteiger partial charge in [0.05, 0.1) is 0 Å². The van der Waals surface area contributed by atoms with Crippen LogP contribution in [0.25, 0.3) is 0 Å². The molecule has 0 fully saturated rings. The zero-order valence-corrected chi connectivity index (χ0v) is 8.95. The first-order valence-corrected chi connectivity index (χ1v) is 5.45. The molecule has 0 aliphatic rings. The summed E-state index contributed by atoms with van der Waals surface area (Å²) in [6.07, 6.45) is 11.5. The molecule has 0 heterocycles. The maximum Gasteiger partial charge on any atom is -0.00973 e. The number of allylic oxidation sites excluding steroid dienone is 2. The molecule has 0 bridgehead atoms. The Morgan fingerprint density at radius 2 is 1.93 bits per heavy atom. The molecule has 14 heavy (non-hydrogen) atoms. The van der Waals surface area contributed by atoms with E-state index < -0.39 is 0 Å². The van der Waals surface area contributed by atoms with Gasteiger partial charge in [-0.3, -0.25) is 0 Å². The third-order valence-electron chi connectivity index (χ3n) is 2.19. The Morgan fingerprint density at radius 3 is 2.64 bits per heavy atom. The van der Waals surface area contributed by atoms with E-state index in [1.807, 2.05) is 0 Å². The van der Waals surface area contributed by atoms with Crippen molar-refractivity contribution in [1.82, 2.24) is 0 Å². The minimum absolute atomic E-state index is 1.05. The first kappa shape index (κ1) is 11.0. The fourth-order valence-electron chi connectivity index (χ4n) is 1.33. The average molecular weight is 187 g/mol. The Morgan fingerprint density at radius 1 is 1.14 bits per heavy atom. The van der Waals surface area contributed by atoms with Crippen LogP contribution in [0.1, 0.15) is 31.7 Å². The Bertz CT molecular complexity index is 246. The van der Waals surface area contributed by atoms with E-state index in [4.69, 9.17) is 0 Å². The summed E-state index contributed by atoms with van der Waals surface area (Å²) in [5.74, 6) is 0.